The lowest BCUT2D eigenvalue weighted by atomic mass is 10.1. The molecule has 0 aliphatic carbocycles. The number of benzene rings is 2. The van der Waals surface area contributed by atoms with Gasteiger partial charge in [-0.1, -0.05) is 16.6 Å². The fourth-order valence-corrected chi connectivity index (χ4v) is 3.41. The molecule has 2 aromatic carbocycles. The van der Waals surface area contributed by atoms with Crippen LogP contribution in [0.25, 0.3) is 28.2 Å². The van der Waals surface area contributed by atoms with Crippen LogP contribution in [-0.4, -0.2) is 33.1 Å². The third kappa shape index (κ3) is 4.99. The molecule has 0 radical (unpaired) electrons. The molecular weight excluding hydrogens is 412 g/mol. The fraction of sp³-hybridized carbons (Fsp3) is 0.0870. The van der Waals surface area contributed by atoms with E-state index in [2.05, 4.69) is 19.9 Å². The van der Waals surface area contributed by atoms with E-state index >= 15 is 0 Å². The van der Waals surface area contributed by atoms with Gasteiger partial charge in [-0.3, -0.25) is 10.1 Å². The summed E-state index contributed by atoms with van der Waals surface area (Å²) in [6, 6.07) is 16.3. The molecule has 1 amide bonds. The SMILES string of the molecule is CCOC(=O)Nc1ccc(C(=O)/C=C/c2ccc3cc(-c4csnn4)ccc3n2)cc1. The topological polar surface area (TPSA) is 94.1 Å². The van der Waals surface area contributed by atoms with Crippen molar-refractivity contribution in [2.45, 2.75) is 6.92 Å². The van der Waals surface area contributed by atoms with E-state index in [1.807, 2.05) is 35.7 Å². The zero-order valence-corrected chi connectivity index (χ0v) is 17.4. The van der Waals surface area contributed by atoms with Crippen LogP contribution in [0.5, 0.6) is 0 Å². The van der Waals surface area contributed by atoms with Crippen molar-refractivity contribution in [1.29, 1.82) is 0 Å². The van der Waals surface area contributed by atoms with Gasteiger partial charge in [0.2, 0.25) is 0 Å². The summed E-state index contributed by atoms with van der Waals surface area (Å²) in [5.74, 6) is -0.157. The molecule has 0 aliphatic rings. The Balaban J connectivity index is 1.45. The molecule has 7 nitrogen and oxygen atoms in total. The molecule has 0 saturated carbocycles. The van der Waals surface area contributed by atoms with Gasteiger partial charge in [0.05, 0.1) is 17.8 Å². The lowest BCUT2D eigenvalue weighted by Crippen LogP contribution is -2.13. The van der Waals surface area contributed by atoms with E-state index in [-0.39, 0.29) is 5.78 Å². The number of ketones is 1. The van der Waals surface area contributed by atoms with E-state index in [4.69, 9.17) is 4.74 Å². The van der Waals surface area contributed by atoms with Gasteiger partial charge in [-0.2, -0.15) is 0 Å². The van der Waals surface area contributed by atoms with Crippen molar-refractivity contribution in [2.75, 3.05) is 11.9 Å². The molecule has 31 heavy (non-hydrogen) atoms. The van der Waals surface area contributed by atoms with Crippen molar-refractivity contribution in [3.05, 3.63) is 77.3 Å². The number of amides is 1. The lowest BCUT2D eigenvalue weighted by Gasteiger charge is -2.05. The van der Waals surface area contributed by atoms with Gasteiger partial charge in [-0.05, 0) is 73.1 Å². The number of nitrogens with one attached hydrogen (secondary N) is 1. The summed E-state index contributed by atoms with van der Waals surface area (Å²) in [7, 11) is 0. The molecule has 0 aliphatic heterocycles. The minimum absolute atomic E-state index is 0.157. The van der Waals surface area contributed by atoms with E-state index in [9.17, 15) is 9.59 Å². The average molecular weight is 430 g/mol. The zero-order valence-electron chi connectivity index (χ0n) is 16.6. The number of nitrogens with zero attached hydrogens (tertiary/aromatic N) is 3. The Hall–Kier alpha value is -3.91. The molecule has 0 unspecified atom stereocenters. The molecule has 1 N–H and O–H groups in total. The molecule has 0 spiro atoms. The first-order valence-corrected chi connectivity index (χ1v) is 10.4. The van der Waals surface area contributed by atoms with Gasteiger partial charge < -0.3 is 4.74 Å². The third-order valence-electron chi connectivity index (χ3n) is 4.46. The van der Waals surface area contributed by atoms with Gasteiger partial charge in [0, 0.05) is 27.6 Å². The Bertz CT molecular complexity index is 1250. The maximum atomic E-state index is 12.5. The van der Waals surface area contributed by atoms with Crippen LogP contribution in [0, 0.1) is 0 Å². The number of ether oxygens (including phenoxy) is 1. The van der Waals surface area contributed by atoms with E-state index in [0.717, 1.165) is 22.2 Å². The highest BCUT2D eigenvalue weighted by Gasteiger charge is 2.06. The van der Waals surface area contributed by atoms with Crippen LogP contribution in [0.2, 0.25) is 0 Å². The first-order chi connectivity index (χ1) is 15.1. The Kier molecular flexibility index (Phi) is 6.09. The number of hydrogen-bond acceptors (Lipinski definition) is 7. The predicted molar refractivity (Wildman–Crippen MR) is 121 cm³/mol. The molecule has 0 fully saturated rings. The molecule has 0 saturated heterocycles. The van der Waals surface area contributed by atoms with E-state index in [1.165, 1.54) is 17.6 Å². The number of allylic oxidation sites excluding steroid dienone is 1. The smallest absolute Gasteiger partial charge is 0.411 e. The number of anilines is 1. The van der Waals surface area contributed by atoms with Gasteiger partial charge in [0.1, 0.15) is 5.69 Å². The van der Waals surface area contributed by atoms with Crippen molar-refractivity contribution >= 4 is 46.1 Å². The van der Waals surface area contributed by atoms with Crippen molar-refractivity contribution in [3.63, 3.8) is 0 Å². The maximum Gasteiger partial charge on any atom is 0.411 e. The molecule has 2 heterocycles. The number of hydrogen-bond donors (Lipinski definition) is 1. The number of aromatic nitrogens is 3. The number of fused-ring (bicyclic) bond motifs is 1. The van der Waals surface area contributed by atoms with Gasteiger partial charge in [0.25, 0.3) is 0 Å². The highest BCUT2D eigenvalue weighted by atomic mass is 32.1. The monoisotopic (exact) mass is 430 g/mol. The van der Waals surface area contributed by atoms with E-state index in [0.29, 0.717) is 23.6 Å². The van der Waals surface area contributed by atoms with Crippen molar-refractivity contribution < 1.29 is 14.3 Å². The molecule has 0 atom stereocenters. The number of rotatable bonds is 6. The van der Waals surface area contributed by atoms with Crippen LogP contribution in [0.4, 0.5) is 10.5 Å². The van der Waals surface area contributed by atoms with E-state index in [1.54, 1.807) is 37.3 Å². The van der Waals surface area contributed by atoms with Crippen LogP contribution in [0.15, 0.2) is 66.1 Å². The summed E-state index contributed by atoms with van der Waals surface area (Å²) < 4.78 is 8.72. The van der Waals surface area contributed by atoms with Crippen LogP contribution >= 0.6 is 11.5 Å². The highest BCUT2D eigenvalue weighted by molar-refractivity contribution is 7.03. The van der Waals surface area contributed by atoms with Crippen LogP contribution in [0.3, 0.4) is 0 Å². The van der Waals surface area contributed by atoms with Crippen LogP contribution < -0.4 is 5.32 Å². The molecule has 4 aromatic rings. The summed E-state index contributed by atoms with van der Waals surface area (Å²) in [4.78, 5) is 28.5. The second kappa shape index (κ2) is 9.27. The third-order valence-corrected chi connectivity index (χ3v) is 4.97. The first kappa shape index (κ1) is 20.4. The fourth-order valence-electron chi connectivity index (χ4n) is 2.94. The number of carbonyl (C=O) groups is 2. The minimum atomic E-state index is -0.528. The Morgan fingerprint density at radius 3 is 2.68 bits per heavy atom. The summed E-state index contributed by atoms with van der Waals surface area (Å²) in [6.45, 7) is 2.02. The molecule has 4 rings (SSSR count). The zero-order chi connectivity index (χ0) is 21.6. The summed E-state index contributed by atoms with van der Waals surface area (Å²) in [5.41, 5.74) is 4.41. The maximum absolute atomic E-state index is 12.5. The summed E-state index contributed by atoms with van der Waals surface area (Å²) >= 11 is 1.31. The second-order valence-electron chi connectivity index (χ2n) is 6.55. The van der Waals surface area contributed by atoms with Crippen molar-refractivity contribution in [2.24, 2.45) is 0 Å². The van der Waals surface area contributed by atoms with E-state index < -0.39 is 6.09 Å². The van der Waals surface area contributed by atoms with Gasteiger partial charge >= 0.3 is 6.09 Å². The first-order valence-electron chi connectivity index (χ1n) is 9.57. The molecule has 2 aromatic heterocycles. The number of carbonyl (C=O) groups excluding carboxylic acids is 2. The molecule has 0 bridgehead atoms. The van der Waals surface area contributed by atoms with Crippen LogP contribution in [-0.2, 0) is 4.74 Å². The van der Waals surface area contributed by atoms with Gasteiger partial charge in [0.15, 0.2) is 5.78 Å². The van der Waals surface area contributed by atoms with Crippen molar-refractivity contribution in [3.8, 4) is 11.3 Å². The molecular formula is C23H18N4O3S. The largest absolute Gasteiger partial charge is 0.450 e. The van der Waals surface area contributed by atoms with Crippen molar-refractivity contribution in [1.82, 2.24) is 14.6 Å². The normalized spacial score (nSPS) is 11.0. The lowest BCUT2D eigenvalue weighted by molar-refractivity contribution is 0.104. The Labute approximate surface area is 182 Å². The molecule has 8 heteroatoms. The highest BCUT2D eigenvalue weighted by Crippen LogP contribution is 2.23. The Morgan fingerprint density at radius 1 is 1.10 bits per heavy atom. The summed E-state index contributed by atoms with van der Waals surface area (Å²) in [6.07, 6.45) is 2.64. The van der Waals surface area contributed by atoms with Crippen LogP contribution in [0.1, 0.15) is 23.0 Å². The van der Waals surface area contributed by atoms with Gasteiger partial charge in [-0.15, -0.1) is 5.10 Å². The molecule has 154 valence electrons. The average Bonchev–Trinajstić information content (AvgIpc) is 3.33. The Morgan fingerprint density at radius 2 is 1.94 bits per heavy atom. The second-order valence-corrected chi connectivity index (χ2v) is 7.16. The standard InChI is InChI=1S/C23H18N4O3S/c1-2-30-23(29)25-19-7-3-15(4-8-19)22(28)12-10-18-9-5-16-13-17(6-11-20(16)24-18)21-14-31-27-26-21/h3-14H,2H2,1H3,(H,25,29)/b12-10+. The quantitative estimate of drug-likeness (QED) is 0.333. The number of pyridine rings is 1. The minimum Gasteiger partial charge on any atom is -0.450 e. The predicted octanol–water partition coefficient (Wildman–Crippen LogP) is 5.22. The van der Waals surface area contributed by atoms with Gasteiger partial charge in [-0.25, -0.2) is 9.78 Å². The summed E-state index contributed by atoms with van der Waals surface area (Å²) in [5, 5.41) is 9.56.